The summed E-state index contributed by atoms with van der Waals surface area (Å²) in [6, 6.07) is 0. The fourth-order valence-electron chi connectivity index (χ4n) is 2.16. The molecule has 0 saturated carbocycles. The van der Waals surface area contributed by atoms with E-state index >= 15 is 0 Å². The molecule has 0 radical (unpaired) electrons. The van der Waals surface area contributed by atoms with E-state index in [4.69, 9.17) is 14.2 Å². The Morgan fingerprint density at radius 2 is 1.73 bits per heavy atom. The highest BCUT2D eigenvalue weighted by Gasteiger charge is 2.34. The first kappa shape index (κ1) is 18.7. The van der Waals surface area contributed by atoms with Crippen LogP contribution in [-0.2, 0) is 19.0 Å². The molecule has 22 heavy (non-hydrogen) atoms. The van der Waals surface area contributed by atoms with Crippen LogP contribution < -0.4 is 0 Å². The number of amides is 1. The van der Waals surface area contributed by atoms with Gasteiger partial charge in [0.05, 0.1) is 11.7 Å². The zero-order valence-corrected chi connectivity index (χ0v) is 14.6. The van der Waals surface area contributed by atoms with Crippen LogP contribution >= 0.6 is 0 Å². The van der Waals surface area contributed by atoms with E-state index in [2.05, 4.69) is 0 Å². The molecule has 6 nitrogen and oxygen atoms in total. The third-order valence-electron chi connectivity index (χ3n) is 3.38. The van der Waals surface area contributed by atoms with E-state index in [0.29, 0.717) is 25.9 Å². The average molecular weight is 315 g/mol. The number of hydrogen-bond donors (Lipinski definition) is 0. The molecule has 128 valence electrons. The summed E-state index contributed by atoms with van der Waals surface area (Å²) in [7, 11) is 0. The van der Waals surface area contributed by atoms with Crippen LogP contribution in [0.4, 0.5) is 4.79 Å². The number of nitrogens with zero attached hydrogens (tertiary/aromatic N) is 1. The lowest BCUT2D eigenvalue weighted by molar-refractivity contribution is -0.161. The summed E-state index contributed by atoms with van der Waals surface area (Å²) in [5.74, 6) is -0.356. The van der Waals surface area contributed by atoms with Crippen LogP contribution in [0.5, 0.6) is 0 Å². The topological polar surface area (TPSA) is 65.1 Å². The first-order chi connectivity index (χ1) is 10.0. The van der Waals surface area contributed by atoms with E-state index in [-0.39, 0.29) is 24.8 Å². The normalized spacial score (nSPS) is 18.2. The molecule has 0 aromatic carbocycles. The first-order valence-electron chi connectivity index (χ1n) is 7.82. The Kier molecular flexibility index (Phi) is 6.23. The molecule has 0 aliphatic carbocycles. The monoisotopic (exact) mass is 315 g/mol. The molecule has 6 heteroatoms. The smallest absolute Gasteiger partial charge is 0.410 e. The van der Waals surface area contributed by atoms with Gasteiger partial charge in [-0.1, -0.05) is 0 Å². The zero-order valence-electron chi connectivity index (χ0n) is 14.6. The van der Waals surface area contributed by atoms with Crippen molar-refractivity contribution in [3.63, 3.8) is 0 Å². The van der Waals surface area contributed by atoms with Gasteiger partial charge in [-0.25, -0.2) is 9.59 Å². The first-order valence-corrected chi connectivity index (χ1v) is 7.82. The summed E-state index contributed by atoms with van der Waals surface area (Å²) in [6.07, 6.45) is 0.897. The number of hydrogen-bond acceptors (Lipinski definition) is 5. The van der Waals surface area contributed by atoms with E-state index in [1.165, 1.54) is 0 Å². The van der Waals surface area contributed by atoms with Crippen molar-refractivity contribution in [2.45, 2.75) is 71.7 Å². The molecule has 0 spiro atoms. The third kappa shape index (κ3) is 6.64. The number of piperidine rings is 1. The highest BCUT2D eigenvalue weighted by atomic mass is 16.6. The maximum Gasteiger partial charge on any atom is 0.410 e. The van der Waals surface area contributed by atoms with Crippen LogP contribution in [0.25, 0.3) is 0 Å². The lowest BCUT2D eigenvalue weighted by atomic mass is 9.93. The second-order valence-electron chi connectivity index (χ2n) is 7.24. The van der Waals surface area contributed by atoms with Crippen LogP contribution in [-0.4, -0.2) is 54.0 Å². The van der Waals surface area contributed by atoms with Crippen LogP contribution in [0, 0.1) is 0 Å². The van der Waals surface area contributed by atoms with Crippen molar-refractivity contribution in [3.8, 4) is 0 Å². The molecule has 0 atom stereocenters. The van der Waals surface area contributed by atoms with Crippen LogP contribution in [0.2, 0.25) is 0 Å². The van der Waals surface area contributed by atoms with E-state index < -0.39 is 11.2 Å². The molecule has 0 bridgehead atoms. The Hall–Kier alpha value is -1.30. The Balaban J connectivity index is 2.40. The largest absolute Gasteiger partial charge is 0.461 e. The Bertz CT molecular complexity index is 392. The molecular weight excluding hydrogens is 286 g/mol. The van der Waals surface area contributed by atoms with E-state index in [9.17, 15) is 9.59 Å². The molecule has 0 N–H and O–H groups in total. The summed E-state index contributed by atoms with van der Waals surface area (Å²) in [4.78, 5) is 25.2. The minimum absolute atomic E-state index is 0.0544. The molecule has 1 rings (SSSR count). The maximum atomic E-state index is 12.0. The second-order valence-corrected chi connectivity index (χ2v) is 7.24. The van der Waals surface area contributed by atoms with Gasteiger partial charge in [0, 0.05) is 13.1 Å². The van der Waals surface area contributed by atoms with Gasteiger partial charge in [-0.3, -0.25) is 0 Å². The van der Waals surface area contributed by atoms with Gasteiger partial charge in [0.1, 0.15) is 12.2 Å². The van der Waals surface area contributed by atoms with Gasteiger partial charge in [-0.2, -0.15) is 0 Å². The number of carbonyl (C=O) groups excluding carboxylic acids is 2. The van der Waals surface area contributed by atoms with Crippen molar-refractivity contribution in [2.24, 2.45) is 0 Å². The number of rotatable bonds is 4. The van der Waals surface area contributed by atoms with Crippen LogP contribution in [0.3, 0.4) is 0 Å². The fraction of sp³-hybridized carbons (Fsp3) is 0.875. The van der Waals surface area contributed by atoms with Crippen molar-refractivity contribution in [3.05, 3.63) is 0 Å². The number of likely N-dealkylation sites (tertiary alicyclic amines) is 1. The van der Waals surface area contributed by atoms with Crippen molar-refractivity contribution in [2.75, 3.05) is 19.7 Å². The number of esters is 1. The lowest BCUT2D eigenvalue weighted by Crippen LogP contribution is -2.48. The fourth-order valence-corrected chi connectivity index (χ4v) is 2.16. The number of ether oxygens (including phenoxy) is 3. The lowest BCUT2D eigenvalue weighted by Gasteiger charge is -2.39. The molecular formula is C16H29NO5. The Morgan fingerprint density at radius 1 is 1.18 bits per heavy atom. The van der Waals surface area contributed by atoms with Crippen molar-refractivity contribution < 1.29 is 23.8 Å². The zero-order chi connectivity index (χ0) is 17.0. The van der Waals surface area contributed by atoms with Gasteiger partial charge >= 0.3 is 12.1 Å². The third-order valence-corrected chi connectivity index (χ3v) is 3.38. The molecule has 1 aliphatic heterocycles. The standard InChI is InChI=1S/C16H29NO5/c1-12(2)21-13(18)11-20-16(6)7-9-17(10-8-16)14(19)22-15(3,4)5/h12H,7-11H2,1-6H3. The molecule has 0 aromatic rings. The SMILES string of the molecule is CC(C)OC(=O)COC1(C)CCN(C(=O)OC(C)(C)C)CC1. The van der Waals surface area contributed by atoms with Crippen molar-refractivity contribution in [1.29, 1.82) is 0 Å². The van der Waals surface area contributed by atoms with E-state index in [1.54, 1.807) is 18.7 Å². The molecule has 1 heterocycles. The van der Waals surface area contributed by atoms with Gasteiger partial charge in [0.25, 0.3) is 0 Å². The average Bonchev–Trinajstić information content (AvgIpc) is 2.34. The van der Waals surface area contributed by atoms with Gasteiger partial charge in [0.15, 0.2) is 0 Å². The summed E-state index contributed by atoms with van der Waals surface area (Å²) in [5.41, 5.74) is -0.899. The minimum Gasteiger partial charge on any atom is -0.461 e. The summed E-state index contributed by atoms with van der Waals surface area (Å²) in [6.45, 7) is 12.2. The highest BCUT2D eigenvalue weighted by molar-refractivity contribution is 5.71. The molecule has 1 saturated heterocycles. The van der Waals surface area contributed by atoms with Gasteiger partial charge in [-0.15, -0.1) is 0 Å². The molecule has 0 aromatic heterocycles. The Morgan fingerprint density at radius 3 is 2.18 bits per heavy atom. The predicted molar refractivity (Wildman–Crippen MR) is 82.6 cm³/mol. The van der Waals surface area contributed by atoms with Crippen LogP contribution in [0.15, 0.2) is 0 Å². The Labute approximate surface area is 133 Å². The van der Waals surface area contributed by atoms with Crippen molar-refractivity contribution >= 4 is 12.1 Å². The molecule has 1 amide bonds. The summed E-state index contributed by atoms with van der Waals surface area (Å²) < 4.78 is 16.1. The summed E-state index contributed by atoms with van der Waals surface area (Å²) >= 11 is 0. The molecule has 1 fully saturated rings. The molecule has 0 unspecified atom stereocenters. The van der Waals surface area contributed by atoms with E-state index in [0.717, 1.165) is 0 Å². The van der Waals surface area contributed by atoms with E-state index in [1.807, 2.05) is 27.7 Å². The second kappa shape index (κ2) is 7.31. The van der Waals surface area contributed by atoms with Crippen molar-refractivity contribution in [1.82, 2.24) is 4.90 Å². The van der Waals surface area contributed by atoms with Gasteiger partial charge in [-0.05, 0) is 54.4 Å². The quantitative estimate of drug-likeness (QED) is 0.746. The van der Waals surface area contributed by atoms with Gasteiger partial charge < -0.3 is 19.1 Å². The highest BCUT2D eigenvalue weighted by Crippen LogP contribution is 2.26. The molecule has 1 aliphatic rings. The van der Waals surface area contributed by atoms with Crippen LogP contribution in [0.1, 0.15) is 54.4 Å². The van der Waals surface area contributed by atoms with Gasteiger partial charge in [0.2, 0.25) is 0 Å². The number of carbonyl (C=O) groups is 2. The maximum absolute atomic E-state index is 12.0. The predicted octanol–water partition coefficient (Wildman–Crippen LogP) is 2.74. The minimum atomic E-state index is -0.491. The summed E-state index contributed by atoms with van der Waals surface area (Å²) in [5, 5.41) is 0.